The van der Waals surface area contributed by atoms with Gasteiger partial charge in [-0.1, -0.05) is 23.7 Å². The fraction of sp³-hybridized carbons (Fsp3) is 0.407. The summed E-state index contributed by atoms with van der Waals surface area (Å²) >= 11 is 6.10. The van der Waals surface area contributed by atoms with E-state index in [9.17, 15) is 14.0 Å². The number of amides is 2. The summed E-state index contributed by atoms with van der Waals surface area (Å²) in [5.74, 6) is -3.29. The van der Waals surface area contributed by atoms with Crippen molar-refractivity contribution in [2.45, 2.75) is 30.8 Å². The molecule has 0 bridgehead atoms. The van der Waals surface area contributed by atoms with Crippen LogP contribution in [0.1, 0.15) is 34.8 Å². The number of carbonyl (C=O) groups is 2. The third-order valence-corrected chi connectivity index (χ3v) is 8.47. The van der Waals surface area contributed by atoms with E-state index in [1.165, 1.54) is 36.1 Å². The number of halogens is 4. The third-order valence-electron chi connectivity index (χ3n) is 8.18. The predicted octanol–water partition coefficient (Wildman–Crippen LogP) is 3.18. The molecule has 0 unspecified atom stereocenters. The minimum absolute atomic E-state index is 0.0461. The molecule has 6 rings (SSSR count). The topological polar surface area (TPSA) is 86.6 Å². The minimum atomic E-state index is -1.47. The first-order valence-corrected chi connectivity index (χ1v) is 13.3. The van der Waals surface area contributed by atoms with Crippen molar-refractivity contribution in [2.75, 3.05) is 43.4 Å². The van der Waals surface area contributed by atoms with Crippen molar-refractivity contribution in [1.82, 2.24) is 24.6 Å². The monoisotopic (exact) mass is 573 g/mol. The first-order valence-electron chi connectivity index (χ1n) is 12.9. The molecule has 0 radical (unpaired) electrons. The van der Waals surface area contributed by atoms with E-state index in [1.54, 1.807) is 18.9 Å². The van der Waals surface area contributed by atoms with Crippen LogP contribution < -0.4 is 10.2 Å². The zero-order valence-corrected chi connectivity index (χ0v) is 22.8. The molecule has 0 spiro atoms. The molecule has 13 heteroatoms. The Balaban J connectivity index is 1.38. The second kappa shape index (κ2) is 9.48. The molecule has 3 aliphatic heterocycles. The van der Waals surface area contributed by atoms with Crippen LogP contribution in [0.2, 0.25) is 5.02 Å². The van der Waals surface area contributed by atoms with Gasteiger partial charge in [-0.25, -0.2) is 18.2 Å². The standard InChI is InChI=1S/C27H27ClF3N7O2/c1-27(16-5-4-6-17(28)21(16)30)13-38(24-18(29)12-36(3)34-24)25(39)15-9-32-23(22(31)20(15)27)33-14-10-37(11-14)19-7-8-35(2)26(19)40/h4-6,9,12,14,19H,7-8,10-11,13H2,1-3H3,(H,32,33)/t19-,27+/m0/s1. The van der Waals surface area contributed by atoms with Crippen molar-refractivity contribution in [3.63, 3.8) is 0 Å². The van der Waals surface area contributed by atoms with Gasteiger partial charge in [-0.2, -0.15) is 5.10 Å². The van der Waals surface area contributed by atoms with Crippen molar-refractivity contribution in [3.8, 4) is 0 Å². The lowest BCUT2D eigenvalue weighted by Crippen LogP contribution is -2.60. The number of hydrogen-bond donors (Lipinski definition) is 1. The van der Waals surface area contributed by atoms with Gasteiger partial charge in [-0.3, -0.25) is 24.1 Å². The Morgan fingerprint density at radius 3 is 2.52 bits per heavy atom. The zero-order valence-electron chi connectivity index (χ0n) is 22.1. The average molecular weight is 574 g/mol. The second-order valence-corrected chi connectivity index (χ2v) is 11.3. The van der Waals surface area contributed by atoms with Gasteiger partial charge in [0, 0.05) is 63.0 Å². The maximum absolute atomic E-state index is 16.4. The molecule has 2 atom stereocenters. The van der Waals surface area contributed by atoms with Crippen LogP contribution in [0.3, 0.4) is 0 Å². The zero-order chi connectivity index (χ0) is 28.5. The van der Waals surface area contributed by atoms with Gasteiger partial charge < -0.3 is 10.2 Å². The molecule has 1 N–H and O–H groups in total. The van der Waals surface area contributed by atoms with Crippen molar-refractivity contribution in [3.05, 3.63) is 69.8 Å². The number of rotatable bonds is 5. The number of likely N-dealkylation sites (N-methyl/N-ethyl adjacent to an activating group) is 1. The summed E-state index contributed by atoms with van der Waals surface area (Å²) in [5.41, 5.74) is -1.62. The number of hydrogen-bond acceptors (Lipinski definition) is 6. The summed E-state index contributed by atoms with van der Waals surface area (Å²) in [4.78, 5) is 34.9. The van der Waals surface area contributed by atoms with Gasteiger partial charge in [-0.15, -0.1) is 0 Å². The van der Waals surface area contributed by atoms with Gasteiger partial charge in [0.15, 0.2) is 23.3 Å². The average Bonchev–Trinajstić information content (AvgIpc) is 3.40. The van der Waals surface area contributed by atoms with E-state index in [2.05, 4.69) is 15.4 Å². The Labute approximate surface area is 233 Å². The highest BCUT2D eigenvalue weighted by atomic mass is 35.5. The summed E-state index contributed by atoms with van der Waals surface area (Å²) in [6, 6.07) is 4.02. The molecule has 3 aromatic rings. The van der Waals surface area contributed by atoms with E-state index in [1.807, 2.05) is 4.90 Å². The first kappa shape index (κ1) is 26.6. The fourth-order valence-electron chi connectivity index (χ4n) is 6.05. The Morgan fingerprint density at radius 1 is 1.12 bits per heavy atom. The Hall–Kier alpha value is -3.64. The predicted molar refractivity (Wildman–Crippen MR) is 142 cm³/mol. The number of aromatic nitrogens is 3. The lowest BCUT2D eigenvalue weighted by molar-refractivity contribution is -0.132. The summed E-state index contributed by atoms with van der Waals surface area (Å²) < 4.78 is 47.8. The molecule has 5 heterocycles. The molecule has 40 heavy (non-hydrogen) atoms. The number of pyridine rings is 1. The largest absolute Gasteiger partial charge is 0.362 e. The number of likely N-dealkylation sites (tertiary alicyclic amines) is 2. The minimum Gasteiger partial charge on any atom is -0.362 e. The molecular weight excluding hydrogens is 547 g/mol. The Morgan fingerprint density at radius 2 is 1.88 bits per heavy atom. The van der Waals surface area contributed by atoms with Crippen molar-refractivity contribution in [1.29, 1.82) is 0 Å². The lowest BCUT2D eigenvalue weighted by atomic mass is 9.71. The number of nitrogens with one attached hydrogen (secondary N) is 1. The Bertz CT molecular complexity index is 1540. The van der Waals surface area contributed by atoms with Crippen LogP contribution in [0.25, 0.3) is 0 Å². The van der Waals surface area contributed by atoms with Gasteiger partial charge in [0.25, 0.3) is 5.91 Å². The van der Waals surface area contributed by atoms with E-state index in [4.69, 9.17) is 11.6 Å². The SMILES string of the molecule is CN1CC[C@H](N2CC(Nc3ncc4c(c3F)[C@@](C)(c3cccc(Cl)c3F)CN(c3nn(C)cc3F)C4=O)C2)C1=O. The van der Waals surface area contributed by atoms with Gasteiger partial charge in [-0.05, 0) is 19.4 Å². The van der Waals surface area contributed by atoms with Crippen LogP contribution in [-0.4, -0.2) is 81.7 Å². The molecule has 0 saturated carbocycles. The molecule has 1 aromatic carbocycles. The molecule has 210 valence electrons. The van der Waals surface area contributed by atoms with Crippen LogP contribution in [-0.2, 0) is 17.3 Å². The van der Waals surface area contributed by atoms with E-state index in [-0.39, 0.29) is 57.9 Å². The molecule has 2 amide bonds. The van der Waals surface area contributed by atoms with E-state index < -0.39 is 28.8 Å². The highest BCUT2D eigenvalue weighted by Gasteiger charge is 2.48. The van der Waals surface area contributed by atoms with Gasteiger partial charge in [0.2, 0.25) is 5.91 Å². The van der Waals surface area contributed by atoms with E-state index >= 15 is 8.78 Å². The first-order chi connectivity index (χ1) is 19.0. The van der Waals surface area contributed by atoms with Crippen LogP contribution >= 0.6 is 11.6 Å². The highest BCUT2D eigenvalue weighted by Crippen LogP contribution is 2.45. The molecule has 2 fully saturated rings. The van der Waals surface area contributed by atoms with Gasteiger partial charge >= 0.3 is 0 Å². The molecule has 2 aromatic heterocycles. The van der Waals surface area contributed by atoms with Crippen LogP contribution in [0.15, 0.2) is 30.6 Å². The maximum Gasteiger partial charge on any atom is 0.261 e. The second-order valence-electron chi connectivity index (χ2n) is 10.9. The molecule has 0 aliphatic carbocycles. The van der Waals surface area contributed by atoms with E-state index in [0.717, 1.165) is 17.5 Å². The Kier molecular flexibility index (Phi) is 6.30. The number of nitrogens with zero attached hydrogens (tertiary/aromatic N) is 6. The maximum atomic E-state index is 16.4. The molecular formula is C27H27ClF3N7O2. The number of anilines is 2. The van der Waals surface area contributed by atoms with Crippen molar-refractivity contribution < 1.29 is 22.8 Å². The lowest BCUT2D eigenvalue weighted by Gasteiger charge is -2.43. The third kappa shape index (κ3) is 4.03. The number of fused-ring (bicyclic) bond motifs is 1. The smallest absolute Gasteiger partial charge is 0.261 e. The fourth-order valence-corrected chi connectivity index (χ4v) is 6.22. The van der Waals surface area contributed by atoms with E-state index in [0.29, 0.717) is 19.6 Å². The molecule has 2 saturated heterocycles. The summed E-state index contributed by atoms with van der Waals surface area (Å²) in [5, 5.41) is 7.00. The summed E-state index contributed by atoms with van der Waals surface area (Å²) in [6.07, 6.45) is 3.08. The summed E-state index contributed by atoms with van der Waals surface area (Å²) in [6.45, 7) is 3.04. The van der Waals surface area contributed by atoms with Crippen molar-refractivity contribution >= 4 is 35.1 Å². The van der Waals surface area contributed by atoms with Crippen LogP contribution in [0.4, 0.5) is 24.8 Å². The number of benzene rings is 1. The number of aryl methyl sites for hydroxylation is 1. The number of carbonyl (C=O) groups excluding carboxylic acids is 2. The summed E-state index contributed by atoms with van der Waals surface area (Å²) in [7, 11) is 3.28. The van der Waals surface area contributed by atoms with Gasteiger partial charge in [0.05, 0.1) is 28.9 Å². The normalized spacial score (nSPS) is 23.5. The van der Waals surface area contributed by atoms with Crippen molar-refractivity contribution in [2.24, 2.45) is 7.05 Å². The van der Waals surface area contributed by atoms with Crippen LogP contribution in [0.5, 0.6) is 0 Å². The molecule has 3 aliphatic rings. The quantitative estimate of drug-likeness (QED) is 0.505. The van der Waals surface area contributed by atoms with Gasteiger partial charge in [0.1, 0.15) is 5.82 Å². The molecule has 9 nitrogen and oxygen atoms in total. The van der Waals surface area contributed by atoms with Crippen LogP contribution in [0, 0.1) is 17.5 Å². The highest BCUT2D eigenvalue weighted by molar-refractivity contribution is 6.30.